The summed E-state index contributed by atoms with van der Waals surface area (Å²) in [6.07, 6.45) is 0.900. The number of hydrogen-bond acceptors (Lipinski definition) is 3. The highest BCUT2D eigenvalue weighted by Crippen LogP contribution is 2.20. The van der Waals surface area contributed by atoms with Gasteiger partial charge >= 0.3 is 6.09 Å². The van der Waals surface area contributed by atoms with Crippen LogP contribution in [0.4, 0.5) is 4.79 Å². The monoisotopic (exact) mass is 304 g/mol. The minimum atomic E-state index is -0.559. The number of carbonyl (C=O) groups is 2. The van der Waals surface area contributed by atoms with Crippen molar-refractivity contribution in [2.45, 2.75) is 39.3 Å². The molecule has 5 nitrogen and oxygen atoms in total. The van der Waals surface area contributed by atoms with E-state index in [1.807, 2.05) is 30.9 Å². The predicted octanol–water partition coefficient (Wildman–Crippen LogP) is 2.34. The molecule has 1 aromatic carbocycles. The number of rotatable bonds is 4. The van der Waals surface area contributed by atoms with Crippen LogP contribution >= 0.6 is 0 Å². The van der Waals surface area contributed by atoms with Crippen molar-refractivity contribution in [3.8, 4) is 0 Å². The Morgan fingerprint density at radius 1 is 1.27 bits per heavy atom. The van der Waals surface area contributed by atoms with Crippen LogP contribution in [0.2, 0.25) is 0 Å². The van der Waals surface area contributed by atoms with E-state index in [4.69, 9.17) is 0 Å². The Bertz CT molecular complexity index is 542. The number of hydrogen-bond donors (Lipinski definition) is 1. The molecule has 0 aromatic heterocycles. The first-order chi connectivity index (χ1) is 10.5. The maximum absolute atomic E-state index is 12.8. The number of nitrogens with one attached hydrogen (secondary N) is 1. The van der Waals surface area contributed by atoms with E-state index in [0.29, 0.717) is 25.4 Å². The van der Waals surface area contributed by atoms with Gasteiger partial charge in [-0.15, -0.1) is 0 Å². The first-order valence-corrected chi connectivity index (χ1v) is 7.71. The second-order valence-electron chi connectivity index (χ2n) is 6.10. The Morgan fingerprint density at radius 2 is 1.95 bits per heavy atom. The molecule has 120 valence electrons. The van der Waals surface area contributed by atoms with E-state index in [9.17, 15) is 9.59 Å². The van der Waals surface area contributed by atoms with E-state index in [0.717, 1.165) is 6.42 Å². The van der Waals surface area contributed by atoms with Gasteiger partial charge in [0, 0.05) is 13.1 Å². The van der Waals surface area contributed by atoms with Crippen LogP contribution in [0.25, 0.3) is 0 Å². The van der Waals surface area contributed by atoms with Gasteiger partial charge in [-0.1, -0.05) is 38.1 Å². The van der Waals surface area contributed by atoms with E-state index >= 15 is 0 Å². The Labute approximate surface area is 131 Å². The van der Waals surface area contributed by atoms with Crippen LogP contribution in [-0.2, 0) is 22.5 Å². The summed E-state index contributed by atoms with van der Waals surface area (Å²) in [5.41, 5.74) is 2.48. The molecule has 0 unspecified atom stereocenters. The number of fused-ring (bicyclic) bond motifs is 1. The summed E-state index contributed by atoms with van der Waals surface area (Å²) in [4.78, 5) is 26.1. The van der Waals surface area contributed by atoms with Gasteiger partial charge in [-0.25, -0.2) is 4.79 Å². The molecule has 0 spiro atoms. The average Bonchev–Trinajstić information content (AvgIpc) is 2.52. The Balaban J connectivity index is 2.08. The number of nitrogens with zero attached hydrogens (tertiary/aromatic N) is 1. The molecule has 0 saturated heterocycles. The fourth-order valence-corrected chi connectivity index (χ4v) is 2.80. The lowest BCUT2D eigenvalue weighted by atomic mass is 9.97. The van der Waals surface area contributed by atoms with Crippen molar-refractivity contribution in [3.05, 3.63) is 35.4 Å². The number of ether oxygens (including phenoxy) is 1. The molecular weight excluding hydrogens is 280 g/mol. The summed E-state index contributed by atoms with van der Waals surface area (Å²) in [7, 11) is 1.31. The normalized spacial score (nSPS) is 15.2. The van der Waals surface area contributed by atoms with Gasteiger partial charge in [-0.3, -0.25) is 4.79 Å². The number of amides is 2. The van der Waals surface area contributed by atoms with Gasteiger partial charge in [0.05, 0.1) is 7.11 Å². The zero-order valence-corrected chi connectivity index (χ0v) is 13.5. The molecule has 1 aliphatic rings. The quantitative estimate of drug-likeness (QED) is 0.929. The molecule has 2 amide bonds. The van der Waals surface area contributed by atoms with Gasteiger partial charge in [-0.2, -0.15) is 0 Å². The van der Waals surface area contributed by atoms with Gasteiger partial charge in [0.15, 0.2) is 0 Å². The number of benzene rings is 1. The highest BCUT2D eigenvalue weighted by molar-refractivity contribution is 5.85. The second-order valence-corrected chi connectivity index (χ2v) is 6.10. The van der Waals surface area contributed by atoms with Crippen molar-refractivity contribution in [2.24, 2.45) is 5.92 Å². The summed E-state index contributed by atoms with van der Waals surface area (Å²) < 4.78 is 4.64. The van der Waals surface area contributed by atoms with Gasteiger partial charge in [0.1, 0.15) is 6.04 Å². The van der Waals surface area contributed by atoms with E-state index in [2.05, 4.69) is 22.2 Å². The standard InChI is InChI=1S/C17H24N2O3/c1-12(2)10-15(18-17(21)22-3)16(20)19-9-8-13-6-4-5-7-14(13)11-19/h4-7,12,15H,8-11H2,1-3H3,(H,18,21)/t15-/m0/s1. The van der Waals surface area contributed by atoms with E-state index in [-0.39, 0.29) is 5.91 Å². The molecule has 0 radical (unpaired) electrons. The maximum Gasteiger partial charge on any atom is 0.407 e. The van der Waals surface area contributed by atoms with Gasteiger partial charge in [0.2, 0.25) is 5.91 Å². The second kappa shape index (κ2) is 7.29. The lowest BCUT2D eigenvalue weighted by Gasteiger charge is -2.32. The molecule has 0 fully saturated rings. The number of alkyl carbamates (subject to hydrolysis) is 1. The average molecular weight is 304 g/mol. The summed E-state index contributed by atoms with van der Waals surface area (Å²) in [6, 6.07) is 7.65. The topological polar surface area (TPSA) is 58.6 Å². The van der Waals surface area contributed by atoms with Crippen LogP contribution in [0, 0.1) is 5.92 Å². The first kappa shape index (κ1) is 16.3. The van der Waals surface area contributed by atoms with Gasteiger partial charge in [-0.05, 0) is 29.9 Å². The summed E-state index contributed by atoms with van der Waals surface area (Å²) in [5, 5.41) is 2.67. The van der Waals surface area contributed by atoms with Crippen molar-refractivity contribution >= 4 is 12.0 Å². The van der Waals surface area contributed by atoms with Gasteiger partial charge in [0.25, 0.3) is 0 Å². The largest absolute Gasteiger partial charge is 0.453 e. The molecule has 0 bridgehead atoms. The van der Waals surface area contributed by atoms with Crippen LogP contribution < -0.4 is 5.32 Å². The third kappa shape index (κ3) is 4.00. The lowest BCUT2D eigenvalue weighted by molar-refractivity contribution is -0.134. The zero-order chi connectivity index (χ0) is 16.1. The van der Waals surface area contributed by atoms with Crippen molar-refractivity contribution in [2.75, 3.05) is 13.7 Å². The van der Waals surface area contributed by atoms with Crippen LogP contribution in [0.3, 0.4) is 0 Å². The SMILES string of the molecule is COC(=O)N[C@@H](CC(C)C)C(=O)N1CCc2ccccc2C1. The van der Waals surface area contributed by atoms with E-state index in [1.54, 1.807) is 0 Å². The first-order valence-electron chi connectivity index (χ1n) is 7.71. The smallest absolute Gasteiger partial charge is 0.407 e. The highest BCUT2D eigenvalue weighted by atomic mass is 16.5. The Kier molecular flexibility index (Phi) is 5.41. The Morgan fingerprint density at radius 3 is 2.59 bits per heavy atom. The maximum atomic E-state index is 12.8. The molecule has 0 aliphatic carbocycles. The third-order valence-corrected chi connectivity index (χ3v) is 3.93. The summed E-state index contributed by atoms with van der Waals surface area (Å²) in [6.45, 7) is 5.36. The van der Waals surface area contributed by atoms with E-state index < -0.39 is 12.1 Å². The predicted molar refractivity (Wildman–Crippen MR) is 84.3 cm³/mol. The molecule has 1 N–H and O–H groups in total. The lowest BCUT2D eigenvalue weighted by Crippen LogP contribution is -2.50. The van der Waals surface area contributed by atoms with Crippen molar-refractivity contribution in [1.29, 1.82) is 0 Å². The highest BCUT2D eigenvalue weighted by Gasteiger charge is 2.29. The fraction of sp³-hybridized carbons (Fsp3) is 0.529. The van der Waals surface area contributed by atoms with Crippen LogP contribution in [0.5, 0.6) is 0 Å². The molecule has 1 heterocycles. The number of carbonyl (C=O) groups excluding carboxylic acids is 2. The number of methoxy groups -OCH3 is 1. The fourth-order valence-electron chi connectivity index (χ4n) is 2.80. The van der Waals surface area contributed by atoms with Crippen molar-refractivity contribution in [1.82, 2.24) is 10.2 Å². The van der Waals surface area contributed by atoms with Gasteiger partial charge < -0.3 is 15.0 Å². The third-order valence-electron chi connectivity index (χ3n) is 3.93. The molecule has 1 aromatic rings. The summed E-state index contributed by atoms with van der Waals surface area (Å²) in [5.74, 6) is 0.275. The minimum Gasteiger partial charge on any atom is -0.453 e. The van der Waals surface area contributed by atoms with Crippen LogP contribution in [-0.4, -0.2) is 36.6 Å². The minimum absolute atomic E-state index is 0.0337. The van der Waals surface area contributed by atoms with Crippen molar-refractivity contribution < 1.29 is 14.3 Å². The van der Waals surface area contributed by atoms with Crippen LogP contribution in [0.1, 0.15) is 31.4 Å². The molecule has 2 rings (SSSR count). The molecule has 1 atom stereocenters. The molecule has 1 aliphatic heterocycles. The van der Waals surface area contributed by atoms with E-state index in [1.165, 1.54) is 18.2 Å². The molecular formula is C17H24N2O3. The summed E-state index contributed by atoms with van der Waals surface area (Å²) >= 11 is 0. The Hall–Kier alpha value is -2.04. The molecule has 22 heavy (non-hydrogen) atoms. The van der Waals surface area contributed by atoms with Crippen LogP contribution in [0.15, 0.2) is 24.3 Å². The van der Waals surface area contributed by atoms with Crippen molar-refractivity contribution in [3.63, 3.8) is 0 Å². The zero-order valence-electron chi connectivity index (χ0n) is 13.5. The molecule has 5 heteroatoms. The molecule has 0 saturated carbocycles.